The van der Waals surface area contributed by atoms with Crippen LogP contribution >= 0.6 is 11.6 Å². The third-order valence-corrected chi connectivity index (χ3v) is 3.56. The monoisotopic (exact) mass is 327 g/mol. The summed E-state index contributed by atoms with van der Waals surface area (Å²) in [6.07, 6.45) is 3.36. The Morgan fingerprint density at radius 3 is 2.70 bits per heavy atom. The summed E-state index contributed by atoms with van der Waals surface area (Å²) >= 11 is 5.96. The molecule has 0 aliphatic heterocycles. The summed E-state index contributed by atoms with van der Waals surface area (Å²) in [5.41, 5.74) is 1.12. The fourth-order valence-electron chi connectivity index (χ4n) is 2.27. The molecule has 6 heteroatoms. The number of nitrogens with one attached hydrogen (secondary N) is 2. The van der Waals surface area contributed by atoms with Crippen molar-refractivity contribution in [1.82, 2.24) is 4.98 Å². The Hall–Kier alpha value is -2.79. The van der Waals surface area contributed by atoms with Crippen molar-refractivity contribution in [3.8, 4) is 5.75 Å². The van der Waals surface area contributed by atoms with Crippen LogP contribution in [-0.2, 0) is 0 Å². The predicted octanol–water partition coefficient (Wildman–Crippen LogP) is 4.54. The highest BCUT2D eigenvalue weighted by atomic mass is 35.5. The highest BCUT2D eigenvalue weighted by molar-refractivity contribution is 6.31. The van der Waals surface area contributed by atoms with Gasteiger partial charge in [0.25, 0.3) is 0 Å². The van der Waals surface area contributed by atoms with Gasteiger partial charge in [-0.15, -0.1) is 0 Å². The Labute approximate surface area is 138 Å². The lowest BCUT2D eigenvalue weighted by Crippen LogP contribution is -2.20. The molecular formula is C17H14ClN3O2. The molecule has 0 saturated heterocycles. The topological polar surface area (TPSA) is 63.2 Å². The van der Waals surface area contributed by atoms with Gasteiger partial charge in [-0.3, -0.25) is 4.98 Å². The second kappa shape index (κ2) is 6.54. The number of carbonyl (C=O) groups excluding carboxylic acids is 1. The molecule has 1 aromatic heterocycles. The number of fused-ring (bicyclic) bond motifs is 1. The number of amides is 2. The second-order valence-corrected chi connectivity index (χ2v) is 5.27. The third kappa shape index (κ3) is 3.35. The Balaban J connectivity index is 1.83. The summed E-state index contributed by atoms with van der Waals surface area (Å²) in [5.74, 6) is 0.528. The van der Waals surface area contributed by atoms with Gasteiger partial charge < -0.3 is 15.4 Å². The summed E-state index contributed by atoms with van der Waals surface area (Å²) in [7, 11) is 1.53. The Morgan fingerprint density at radius 2 is 1.87 bits per heavy atom. The quantitative estimate of drug-likeness (QED) is 0.742. The van der Waals surface area contributed by atoms with Crippen LogP contribution in [0.2, 0.25) is 5.02 Å². The van der Waals surface area contributed by atoms with Crippen molar-refractivity contribution in [3.05, 3.63) is 59.9 Å². The first-order chi connectivity index (χ1) is 11.2. The van der Waals surface area contributed by atoms with Gasteiger partial charge >= 0.3 is 6.03 Å². The summed E-state index contributed by atoms with van der Waals surface area (Å²) in [5, 5.41) is 7.89. The van der Waals surface area contributed by atoms with Gasteiger partial charge in [-0.1, -0.05) is 35.9 Å². The molecule has 23 heavy (non-hydrogen) atoms. The van der Waals surface area contributed by atoms with Crippen LogP contribution in [0.25, 0.3) is 10.8 Å². The Bertz CT molecular complexity index is 862. The van der Waals surface area contributed by atoms with Crippen LogP contribution in [0.3, 0.4) is 0 Å². The van der Waals surface area contributed by atoms with Gasteiger partial charge in [0.1, 0.15) is 5.75 Å². The van der Waals surface area contributed by atoms with Crippen LogP contribution in [0, 0.1) is 0 Å². The standard InChI is InChI=1S/C17H14ClN3O2/c1-23-16-7-6-12(18)8-14(16)20-17(22)21-15-10-19-9-11-4-2-3-5-13(11)15/h2-10H,1H3,(H2,20,21,22). The number of hydrogen-bond donors (Lipinski definition) is 2. The molecule has 0 unspecified atom stereocenters. The summed E-state index contributed by atoms with van der Waals surface area (Å²) < 4.78 is 5.21. The van der Waals surface area contributed by atoms with Crippen molar-refractivity contribution in [3.63, 3.8) is 0 Å². The zero-order chi connectivity index (χ0) is 16.2. The minimum Gasteiger partial charge on any atom is -0.495 e. The van der Waals surface area contributed by atoms with E-state index in [1.165, 1.54) is 7.11 Å². The maximum absolute atomic E-state index is 12.3. The van der Waals surface area contributed by atoms with E-state index in [9.17, 15) is 4.79 Å². The van der Waals surface area contributed by atoms with Crippen molar-refractivity contribution >= 4 is 39.8 Å². The number of pyridine rings is 1. The highest BCUT2D eigenvalue weighted by Crippen LogP contribution is 2.28. The molecule has 1 heterocycles. The van der Waals surface area contributed by atoms with Crippen LogP contribution in [0.15, 0.2) is 54.9 Å². The van der Waals surface area contributed by atoms with Crippen LogP contribution in [-0.4, -0.2) is 18.1 Å². The molecule has 2 aromatic carbocycles. The van der Waals surface area contributed by atoms with Gasteiger partial charge in [0.2, 0.25) is 0 Å². The number of benzene rings is 2. The second-order valence-electron chi connectivity index (χ2n) is 4.83. The maximum Gasteiger partial charge on any atom is 0.323 e. The molecule has 116 valence electrons. The van der Waals surface area contributed by atoms with E-state index in [1.54, 1.807) is 30.6 Å². The number of halogens is 1. The summed E-state index contributed by atoms with van der Waals surface area (Å²) in [6, 6.07) is 12.3. The fraction of sp³-hybridized carbons (Fsp3) is 0.0588. The number of anilines is 2. The zero-order valence-corrected chi connectivity index (χ0v) is 13.1. The lowest BCUT2D eigenvalue weighted by Gasteiger charge is -2.12. The first-order valence-corrected chi connectivity index (χ1v) is 7.29. The average molecular weight is 328 g/mol. The van der Waals surface area contributed by atoms with Gasteiger partial charge in [-0.05, 0) is 18.2 Å². The maximum atomic E-state index is 12.3. The van der Waals surface area contributed by atoms with Crippen LogP contribution in [0.5, 0.6) is 5.75 Å². The van der Waals surface area contributed by atoms with E-state index < -0.39 is 6.03 Å². The van der Waals surface area contributed by atoms with Gasteiger partial charge in [0.05, 0.1) is 24.7 Å². The van der Waals surface area contributed by atoms with Gasteiger partial charge in [-0.25, -0.2) is 4.79 Å². The van der Waals surface area contributed by atoms with Gasteiger partial charge in [-0.2, -0.15) is 0 Å². The van der Waals surface area contributed by atoms with E-state index in [0.29, 0.717) is 22.1 Å². The molecular weight excluding hydrogens is 314 g/mol. The summed E-state index contributed by atoms with van der Waals surface area (Å²) in [6.45, 7) is 0. The molecule has 0 bridgehead atoms. The third-order valence-electron chi connectivity index (χ3n) is 3.33. The van der Waals surface area contributed by atoms with E-state index in [1.807, 2.05) is 24.3 Å². The van der Waals surface area contributed by atoms with Crippen LogP contribution < -0.4 is 15.4 Å². The fourth-order valence-corrected chi connectivity index (χ4v) is 2.44. The first kappa shape index (κ1) is 15.1. The van der Waals surface area contributed by atoms with E-state index in [4.69, 9.17) is 16.3 Å². The average Bonchev–Trinajstić information content (AvgIpc) is 2.55. The zero-order valence-electron chi connectivity index (χ0n) is 12.3. The number of methoxy groups -OCH3 is 1. The number of urea groups is 1. The van der Waals surface area contributed by atoms with E-state index in [0.717, 1.165) is 10.8 Å². The molecule has 2 amide bonds. The molecule has 0 radical (unpaired) electrons. The minimum atomic E-state index is -0.399. The van der Waals surface area contributed by atoms with Crippen LogP contribution in [0.1, 0.15) is 0 Å². The van der Waals surface area contributed by atoms with Crippen molar-refractivity contribution < 1.29 is 9.53 Å². The van der Waals surface area contributed by atoms with Crippen molar-refractivity contribution in [2.24, 2.45) is 0 Å². The van der Waals surface area contributed by atoms with Crippen LogP contribution in [0.4, 0.5) is 16.2 Å². The summed E-state index contributed by atoms with van der Waals surface area (Å²) in [4.78, 5) is 16.4. The van der Waals surface area contributed by atoms with Crippen molar-refractivity contribution in [2.75, 3.05) is 17.7 Å². The smallest absolute Gasteiger partial charge is 0.323 e. The van der Waals surface area contributed by atoms with Crippen molar-refractivity contribution in [1.29, 1.82) is 0 Å². The molecule has 3 rings (SSSR count). The lowest BCUT2D eigenvalue weighted by atomic mass is 10.1. The number of ether oxygens (including phenoxy) is 1. The SMILES string of the molecule is COc1ccc(Cl)cc1NC(=O)Nc1cncc2ccccc12. The molecule has 0 atom stereocenters. The molecule has 2 N–H and O–H groups in total. The molecule has 0 saturated carbocycles. The number of carbonyl (C=O) groups is 1. The van der Waals surface area contributed by atoms with E-state index in [2.05, 4.69) is 15.6 Å². The molecule has 0 aliphatic carbocycles. The van der Waals surface area contributed by atoms with Gasteiger partial charge in [0.15, 0.2) is 0 Å². The number of rotatable bonds is 3. The number of aromatic nitrogens is 1. The highest BCUT2D eigenvalue weighted by Gasteiger charge is 2.10. The Morgan fingerprint density at radius 1 is 1.09 bits per heavy atom. The number of nitrogens with zero attached hydrogens (tertiary/aromatic N) is 1. The molecule has 0 aliphatic rings. The molecule has 0 spiro atoms. The normalized spacial score (nSPS) is 10.3. The molecule has 3 aromatic rings. The molecule has 5 nitrogen and oxygen atoms in total. The number of hydrogen-bond acceptors (Lipinski definition) is 3. The largest absolute Gasteiger partial charge is 0.495 e. The van der Waals surface area contributed by atoms with E-state index in [-0.39, 0.29) is 0 Å². The lowest BCUT2D eigenvalue weighted by molar-refractivity contribution is 0.262. The van der Waals surface area contributed by atoms with Gasteiger partial charge in [0, 0.05) is 22.0 Å². The Kier molecular flexibility index (Phi) is 4.30. The minimum absolute atomic E-state index is 0.399. The van der Waals surface area contributed by atoms with Crippen molar-refractivity contribution in [2.45, 2.75) is 0 Å². The molecule has 0 fully saturated rings. The predicted molar refractivity (Wildman–Crippen MR) is 92.4 cm³/mol. The van der Waals surface area contributed by atoms with E-state index >= 15 is 0 Å². The first-order valence-electron chi connectivity index (χ1n) is 6.91.